The molecule has 0 radical (unpaired) electrons. The minimum Gasteiger partial charge on any atom is -0.464 e. The van der Waals surface area contributed by atoms with Gasteiger partial charge in [-0.25, -0.2) is 9.59 Å². The van der Waals surface area contributed by atoms with Crippen LogP contribution in [0.25, 0.3) is 0 Å². The van der Waals surface area contributed by atoms with Crippen molar-refractivity contribution in [1.29, 1.82) is 0 Å². The Morgan fingerprint density at radius 3 is 1.56 bits per heavy atom. The lowest BCUT2D eigenvalue weighted by atomic mass is 10.2. The van der Waals surface area contributed by atoms with Gasteiger partial charge in [-0.2, -0.15) is 0 Å². The molecule has 0 aromatic carbocycles. The number of rotatable bonds is 3. The molecule has 0 unspecified atom stereocenters. The van der Waals surface area contributed by atoms with Gasteiger partial charge >= 0.3 is 18.2 Å². The van der Waals surface area contributed by atoms with Crippen LogP contribution >= 0.6 is 0 Å². The summed E-state index contributed by atoms with van der Waals surface area (Å²) >= 11 is 0. The lowest BCUT2D eigenvalue weighted by Crippen LogP contribution is -2.42. The van der Waals surface area contributed by atoms with E-state index in [2.05, 4.69) is 0 Å². The SMILES string of the molecule is C.CC(=O)OC[C@@H]1C[C@@H](O)CN1C(=O)OC(C)(C)C.CC(C)(C)OC(=O)N1C[C@H](O)C[C@H]1CO. The molecule has 2 saturated heterocycles. The van der Waals surface area contributed by atoms with Crippen LogP contribution in [0.1, 0.15) is 68.7 Å². The predicted octanol–water partition coefficient (Wildman–Crippen LogP) is 1.90. The number of carbonyl (C=O) groups excluding carboxylic acids is 3. The third-order valence-corrected chi connectivity index (χ3v) is 4.73. The summed E-state index contributed by atoms with van der Waals surface area (Å²) in [4.78, 5) is 37.1. The van der Waals surface area contributed by atoms with Crippen molar-refractivity contribution >= 4 is 18.2 Å². The van der Waals surface area contributed by atoms with Crippen LogP contribution in [0.4, 0.5) is 9.59 Å². The standard InChI is InChI=1S/C12H21NO5.C10H19NO4.CH4/c1-8(14)17-7-9-5-10(15)6-13(9)11(16)18-12(2,3)4;1-10(2,3)15-9(14)11-5-8(13)4-7(11)6-12;/h9-10,15H,5-7H2,1-4H3;7-8,12-13H,4-6H2,1-3H3;1H4/t9-,10+;7-,8+;/m00./s1. The summed E-state index contributed by atoms with van der Waals surface area (Å²) in [6.07, 6.45) is -1.32. The van der Waals surface area contributed by atoms with Crippen LogP contribution in [-0.4, -0.2) is 105 Å². The van der Waals surface area contributed by atoms with E-state index in [-0.39, 0.29) is 45.8 Å². The second kappa shape index (κ2) is 13.1. The van der Waals surface area contributed by atoms with Gasteiger partial charge in [0.2, 0.25) is 0 Å². The minimum absolute atomic E-state index is 0. The average molecular weight is 493 g/mol. The number of β-amino-alcohol motifs (C(OH)–C–C–N with tert-alkyl or cyclic N) is 2. The van der Waals surface area contributed by atoms with Gasteiger partial charge in [0.1, 0.15) is 17.8 Å². The molecule has 0 bridgehead atoms. The summed E-state index contributed by atoms with van der Waals surface area (Å²) in [5.41, 5.74) is -1.14. The number of carbonyl (C=O) groups is 3. The predicted molar refractivity (Wildman–Crippen MR) is 125 cm³/mol. The third kappa shape index (κ3) is 11.3. The molecule has 2 rings (SSSR count). The van der Waals surface area contributed by atoms with E-state index in [0.29, 0.717) is 12.8 Å². The highest BCUT2D eigenvalue weighted by Gasteiger charge is 2.38. The first-order chi connectivity index (χ1) is 15.0. The molecule has 4 atom stereocenters. The van der Waals surface area contributed by atoms with Gasteiger partial charge in [0, 0.05) is 6.92 Å². The molecule has 2 aliphatic rings. The number of aliphatic hydroxyl groups is 3. The maximum atomic E-state index is 11.9. The summed E-state index contributed by atoms with van der Waals surface area (Å²) in [6, 6.07) is -0.645. The smallest absolute Gasteiger partial charge is 0.410 e. The van der Waals surface area contributed by atoms with Crippen LogP contribution in [0.15, 0.2) is 0 Å². The lowest BCUT2D eigenvalue weighted by Gasteiger charge is -2.28. The monoisotopic (exact) mass is 492 g/mol. The highest BCUT2D eigenvalue weighted by Crippen LogP contribution is 2.22. The van der Waals surface area contributed by atoms with E-state index in [0.717, 1.165) is 0 Å². The Kier molecular flexibility index (Phi) is 12.3. The molecule has 2 heterocycles. The first-order valence-electron chi connectivity index (χ1n) is 11.1. The molecular formula is C23H44N2O9. The van der Waals surface area contributed by atoms with Crippen molar-refractivity contribution in [2.45, 2.75) is 104 Å². The van der Waals surface area contributed by atoms with Crippen molar-refractivity contribution in [3.8, 4) is 0 Å². The van der Waals surface area contributed by atoms with Gasteiger partial charge in [0.15, 0.2) is 0 Å². The van der Waals surface area contributed by atoms with Crippen LogP contribution in [-0.2, 0) is 19.0 Å². The average Bonchev–Trinajstić information content (AvgIpc) is 3.20. The number of amides is 2. The molecule has 200 valence electrons. The van der Waals surface area contributed by atoms with Crippen LogP contribution in [0, 0.1) is 0 Å². The van der Waals surface area contributed by atoms with E-state index in [9.17, 15) is 24.6 Å². The number of nitrogens with zero attached hydrogens (tertiary/aromatic N) is 2. The van der Waals surface area contributed by atoms with Gasteiger partial charge in [0.05, 0.1) is 44.0 Å². The Morgan fingerprint density at radius 2 is 1.21 bits per heavy atom. The maximum absolute atomic E-state index is 11.9. The van der Waals surface area contributed by atoms with E-state index in [1.165, 1.54) is 16.7 Å². The zero-order valence-corrected chi connectivity index (χ0v) is 20.7. The molecule has 2 fully saturated rings. The fourth-order valence-electron chi connectivity index (χ4n) is 3.42. The van der Waals surface area contributed by atoms with Crippen LogP contribution < -0.4 is 0 Å². The number of likely N-dealkylation sites (tertiary alicyclic amines) is 2. The van der Waals surface area contributed by atoms with Crippen molar-refractivity contribution in [2.24, 2.45) is 0 Å². The second-order valence-corrected chi connectivity index (χ2v) is 10.3. The molecule has 0 aromatic rings. The molecule has 2 amide bonds. The van der Waals surface area contributed by atoms with E-state index in [4.69, 9.17) is 19.3 Å². The van der Waals surface area contributed by atoms with Crippen molar-refractivity contribution in [2.75, 3.05) is 26.3 Å². The van der Waals surface area contributed by atoms with Gasteiger partial charge in [-0.15, -0.1) is 0 Å². The first kappa shape index (κ1) is 31.9. The Labute approximate surface area is 202 Å². The highest BCUT2D eigenvalue weighted by atomic mass is 16.6. The van der Waals surface area contributed by atoms with Crippen LogP contribution in [0.3, 0.4) is 0 Å². The fraction of sp³-hybridized carbons (Fsp3) is 0.870. The number of aliphatic hydroxyl groups excluding tert-OH is 3. The Morgan fingerprint density at radius 1 is 0.824 bits per heavy atom. The Balaban J connectivity index is 0.000000632. The molecule has 11 heteroatoms. The molecule has 0 aromatic heterocycles. The van der Waals surface area contributed by atoms with E-state index < -0.39 is 41.6 Å². The summed E-state index contributed by atoms with van der Waals surface area (Å²) in [7, 11) is 0. The number of ether oxygens (including phenoxy) is 3. The quantitative estimate of drug-likeness (QED) is 0.397. The molecule has 0 spiro atoms. The molecule has 34 heavy (non-hydrogen) atoms. The highest BCUT2D eigenvalue weighted by molar-refractivity contribution is 5.70. The molecule has 11 nitrogen and oxygen atoms in total. The lowest BCUT2D eigenvalue weighted by molar-refractivity contribution is -0.142. The maximum Gasteiger partial charge on any atom is 0.410 e. The van der Waals surface area contributed by atoms with Crippen molar-refractivity contribution in [3.05, 3.63) is 0 Å². The number of hydrogen-bond donors (Lipinski definition) is 3. The number of hydrogen-bond acceptors (Lipinski definition) is 9. The van der Waals surface area contributed by atoms with E-state index in [1.807, 2.05) is 0 Å². The van der Waals surface area contributed by atoms with Gasteiger partial charge in [-0.05, 0) is 54.4 Å². The molecule has 0 saturated carbocycles. The van der Waals surface area contributed by atoms with E-state index in [1.54, 1.807) is 41.5 Å². The largest absolute Gasteiger partial charge is 0.464 e. The van der Waals surface area contributed by atoms with Gasteiger partial charge in [-0.3, -0.25) is 9.69 Å². The molecule has 0 aliphatic carbocycles. The fourth-order valence-corrected chi connectivity index (χ4v) is 3.42. The molecule has 3 N–H and O–H groups in total. The zero-order chi connectivity index (χ0) is 25.6. The summed E-state index contributed by atoms with van der Waals surface area (Å²) in [6.45, 7) is 12.4. The van der Waals surface area contributed by atoms with Crippen LogP contribution in [0.2, 0.25) is 0 Å². The second-order valence-electron chi connectivity index (χ2n) is 10.3. The van der Waals surface area contributed by atoms with Crippen molar-refractivity contribution in [1.82, 2.24) is 9.80 Å². The Bertz CT molecular complexity index is 672. The Hall–Kier alpha value is -2.11. The first-order valence-corrected chi connectivity index (χ1v) is 11.1. The molecule has 2 aliphatic heterocycles. The van der Waals surface area contributed by atoms with Crippen molar-refractivity contribution < 1.29 is 43.9 Å². The topological polar surface area (TPSA) is 146 Å². The summed E-state index contributed by atoms with van der Waals surface area (Å²) in [5, 5.41) is 28.0. The van der Waals surface area contributed by atoms with E-state index >= 15 is 0 Å². The summed E-state index contributed by atoms with van der Waals surface area (Å²) < 4.78 is 15.3. The zero-order valence-electron chi connectivity index (χ0n) is 20.7. The summed E-state index contributed by atoms with van der Waals surface area (Å²) in [5.74, 6) is -0.402. The normalized spacial score (nSPS) is 24.5. The van der Waals surface area contributed by atoms with Crippen LogP contribution in [0.5, 0.6) is 0 Å². The van der Waals surface area contributed by atoms with Gasteiger partial charge in [0.25, 0.3) is 0 Å². The third-order valence-electron chi connectivity index (χ3n) is 4.73. The molecular weight excluding hydrogens is 448 g/mol. The van der Waals surface area contributed by atoms with Crippen molar-refractivity contribution in [3.63, 3.8) is 0 Å². The minimum atomic E-state index is -0.599. The number of esters is 1. The van der Waals surface area contributed by atoms with Gasteiger partial charge in [-0.1, -0.05) is 7.43 Å². The van der Waals surface area contributed by atoms with Gasteiger partial charge < -0.3 is 34.4 Å².